The summed E-state index contributed by atoms with van der Waals surface area (Å²) in [4.78, 5) is 10.9. The number of methoxy groups -OCH3 is 1. The second kappa shape index (κ2) is 5.07. The van der Waals surface area contributed by atoms with Gasteiger partial charge in [-0.25, -0.2) is 9.18 Å². The molecule has 3 N–H and O–H groups in total. The highest BCUT2D eigenvalue weighted by atomic mass is 19.2. The van der Waals surface area contributed by atoms with E-state index in [2.05, 4.69) is 4.74 Å². The molecule has 0 bridgehead atoms. The van der Waals surface area contributed by atoms with E-state index in [1.54, 1.807) is 0 Å². The molecule has 5 nitrogen and oxygen atoms in total. The molecule has 2 unspecified atom stereocenters. The number of benzene rings is 1. The number of ether oxygens (including phenoxy) is 1. The maximum Gasteiger partial charge on any atom is 0.337 e. The lowest BCUT2D eigenvalue weighted by atomic mass is 10.0. The maximum atomic E-state index is 12.9. The molecule has 0 aliphatic rings. The third kappa shape index (κ3) is 2.69. The first-order valence-electron chi connectivity index (χ1n) is 4.50. The molecule has 94 valence electrons. The number of phenols is 1. The number of aromatic hydroxyl groups is 1. The van der Waals surface area contributed by atoms with Crippen LogP contribution in [-0.4, -0.2) is 34.5 Å². The Hall–Kier alpha value is -1.73. The van der Waals surface area contributed by atoms with Gasteiger partial charge in [-0.3, -0.25) is 0 Å². The van der Waals surface area contributed by atoms with Crippen molar-refractivity contribution in [2.75, 3.05) is 7.11 Å². The van der Waals surface area contributed by atoms with E-state index in [1.807, 2.05) is 0 Å². The monoisotopic (exact) mass is 248 g/mol. The smallest absolute Gasteiger partial charge is 0.337 e. The number of aliphatic hydroxyl groups is 2. The van der Waals surface area contributed by atoms with Crippen LogP contribution in [0.15, 0.2) is 12.1 Å². The van der Waals surface area contributed by atoms with Gasteiger partial charge in [0.1, 0.15) is 6.10 Å². The zero-order chi connectivity index (χ0) is 13.2. The van der Waals surface area contributed by atoms with E-state index in [0.29, 0.717) is 12.1 Å². The predicted molar refractivity (Wildman–Crippen MR) is 51.0 cm³/mol. The van der Waals surface area contributed by atoms with E-state index in [1.165, 1.54) is 0 Å². The van der Waals surface area contributed by atoms with Gasteiger partial charge in [0.2, 0.25) is 0 Å². The fourth-order valence-electron chi connectivity index (χ4n) is 1.20. The van der Waals surface area contributed by atoms with E-state index >= 15 is 0 Å². The number of hydrogen-bond donors (Lipinski definition) is 3. The van der Waals surface area contributed by atoms with E-state index in [4.69, 9.17) is 5.11 Å². The van der Waals surface area contributed by atoms with Gasteiger partial charge in [0, 0.05) is 0 Å². The van der Waals surface area contributed by atoms with Crippen molar-refractivity contribution in [1.29, 1.82) is 0 Å². The van der Waals surface area contributed by atoms with E-state index < -0.39 is 35.6 Å². The first kappa shape index (κ1) is 13.3. The minimum atomic E-state index is -1.95. The van der Waals surface area contributed by atoms with Crippen LogP contribution in [0.3, 0.4) is 0 Å². The molecule has 0 aromatic heterocycles. The summed E-state index contributed by atoms with van der Waals surface area (Å²) in [5.74, 6) is -5.05. The Balaban J connectivity index is 3.04. The summed E-state index contributed by atoms with van der Waals surface area (Å²) in [7, 11) is 0.987. The first-order valence-corrected chi connectivity index (χ1v) is 4.50. The van der Waals surface area contributed by atoms with Gasteiger partial charge in [-0.2, -0.15) is 4.39 Å². The summed E-state index contributed by atoms with van der Waals surface area (Å²) in [6, 6.07) is 1.26. The van der Waals surface area contributed by atoms with Crippen molar-refractivity contribution in [2.45, 2.75) is 12.2 Å². The molecule has 1 rings (SSSR count). The van der Waals surface area contributed by atoms with Gasteiger partial charge in [0.25, 0.3) is 0 Å². The zero-order valence-electron chi connectivity index (χ0n) is 8.72. The van der Waals surface area contributed by atoms with Crippen molar-refractivity contribution in [3.63, 3.8) is 0 Å². The second-order valence-electron chi connectivity index (χ2n) is 3.25. The van der Waals surface area contributed by atoms with Crippen molar-refractivity contribution in [2.24, 2.45) is 0 Å². The lowest BCUT2D eigenvalue weighted by Gasteiger charge is -2.16. The van der Waals surface area contributed by atoms with Crippen molar-refractivity contribution in [3.8, 4) is 5.75 Å². The van der Waals surface area contributed by atoms with Crippen LogP contribution >= 0.6 is 0 Å². The van der Waals surface area contributed by atoms with Crippen LogP contribution in [0.2, 0.25) is 0 Å². The number of aliphatic hydroxyl groups excluding tert-OH is 2. The average Bonchev–Trinajstić information content (AvgIpc) is 2.32. The lowest BCUT2D eigenvalue weighted by Crippen LogP contribution is -2.29. The summed E-state index contributed by atoms with van der Waals surface area (Å²) in [6.07, 6.45) is -3.78. The minimum Gasteiger partial charge on any atom is -0.505 e. The third-order valence-corrected chi connectivity index (χ3v) is 2.11. The highest BCUT2D eigenvalue weighted by Crippen LogP contribution is 2.26. The van der Waals surface area contributed by atoms with Gasteiger partial charge in [0.15, 0.2) is 23.5 Å². The molecule has 0 spiro atoms. The van der Waals surface area contributed by atoms with Gasteiger partial charge in [-0.05, 0) is 17.7 Å². The van der Waals surface area contributed by atoms with Gasteiger partial charge < -0.3 is 20.1 Å². The molecule has 17 heavy (non-hydrogen) atoms. The van der Waals surface area contributed by atoms with Crippen LogP contribution < -0.4 is 0 Å². The Morgan fingerprint density at radius 3 is 2.41 bits per heavy atom. The molecule has 0 saturated heterocycles. The standard InChI is InChI=1S/C10H10F2O5/c1-17-10(16)9(15)8(14)4-2-5(11)7(12)6(13)3-4/h2-3,8-9,13-15H,1H3. The molecule has 0 radical (unpaired) electrons. The molecular formula is C10H10F2O5. The van der Waals surface area contributed by atoms with Crippen LogP contribution in [0.1, 0.15) is 11.7 Å². The van der Waals surface area contributed by atoms with Gasteiger partial charge in [-0.15, -0.1) is 0 Å². The zero-order valence-corrected chi connectivity index (χ0v) is 8.72. The minimum absolute atomic E-state index is 0.348. The highest BCUT2D eigenvalue weighted by molar-refractivity contribution is 5.75. The Labute approximate surface area is 94.9 Å². The average molecular weight is 248 g/mol. The molecular weight excluding hydrogens is 238 g/mol. The quantitative estimate of drug-likeness (QED) is 0.667. The van der Waals surface area contributed by atoms with Gasteiger partial charge >= 0.3 is 5.97 Å². The van der Waals surface area contributed by atoms with E-state index in [-0.39, 0.29) is 5.56 Å². The molecule has 1 aromatic rings. The van der Waals surface area contributed by atoms with Crippen LogP contribution in [0.5, 0.6) is 5.75 Å². The van der Waals surface area contributed by atoms with Crippen molar-refractivity contribution >= 4 is 5.97 Å². The summed E-state index contributed by atoms with van der Waals surface area (Å²) >= 11 is 0. The lowest BCUT2D eigenvalue weighted by molar-refractivity contribution is -0.156. The van der Waals surface area contributed by atoms with E-state index in [0.717, 1.165) is 7.11 Å². The molecule has 0 aliphatic carbocycles. The van der Waals surface area contributed by atoms with Crippen LogP contribution in [0.4, 0.5) is 8.78 Å². The normalized spacial score (nSPS) is 14.2. The second-order valence-corrected chi connectivity index (χ2v) is 3.25. The van der Waals surface area contributed by atoms with Gasteiger partial charge in [0.05, 0.1) is 7.11 Å². The summed E-state index contributed by atoms with van der Waals surface area (Å²) in [6.45, 7) is 0. The molecule has 0 amide bonds. The highest BCUT2D eigenvalue weighted by Gasteiger charge is 2.28. The molecule has 2 atom stereocenters. The fraction of sp³-hybridized carbons (Fsp3) is 0.300. The molecule has 0 saturated carbocycles. The number of carbonyl (C=O) groups excluding carboxylic acids is 1. The Bertz CT molecular complexity index is 412. The summed E-state index contributed by atoms with van der Waals surface area (Å²) in [5, 5.41) is 27.7. The van der Waals surface area contributed by atoms with Crippen LogP contribution in [-0.2, 0) is 9.53 Å². The summed E-state index contributed by atoms with van der Waals surface area (Å²) in [5.41, 5.74) is -0.348. The number of hydrogen-bond acceptors (Lipinski definition) is 5. The van der Waals surface area contributed by atoms with E-state index in [9.17, 15) is 23.8 Å². The first-order chi connectivity index (χ1) is 7.88. The maximum absolute atomic E-state index is 12.9. The van der Waals surface area contributed by atoms with Crippen molar-refractivity contribution in [1.82, 2.24) is 0 Å². The number of phenolic OH excluding ortho intramolecular Hbond substituents is 1. The molecule has 1 aromatic carbocycles. The number of carbonyl (C=O) groups is 1. The Morgan fingerprint density at radius 2 is 1.94 bits per heavy atom. The molecule has 7 heteroatoms. The van der Waals surface area contributed by atoms with Crippen molar-refractivity contribution < 1.29 is 33.6 Å². The van der Waals surface area contributed by atoms with Crippen LogP contribution in [0.25, 0.3) is 0 Å². The Kier molecular flexibility index (Phi) is 3.97. The number of esters is 1. The fourth-order valence-corrected chi connectivity index (χ4v) is 1.20. The molecule has 0 aliphatic heterocycles. The summed E-state index contributed by atoms with van der Waals surface area (Å²) < 4.78 is 29.8. The topological polar surface area (TPSA) is 87.0 Å². The third-order valence-electron chi connectivity index (χ3n) is 2.11. The number of halogens is 2. The van der Waals surface area contributed by atoms with Gasteiger partial charge in [-0.1, -0.05) is 0 Å². The predicted octanol–water partition coefficient (Wildman–Crippen LogP) is 0.238. The SMILES string of the molecule is COC(=O)C(O)C(O)c1cc(O)c(F)c(F)c1. The van der Waals surface area contributed by atoms with Crippen LogP contribution in [0, 0.1) is 11.6 Å². The Morgan fingerprint density at radius 1 is 1.35 bits per heavy atom. The molecule has 0 fully saturated rings. The van der Waals surface area contributed by atoms with Crippen molar-refractivity contribution in [3.05, 3.63) is 29.3 Å². The largest absolute Gasteiger partial charge is 0.505 e. The molecule has 0 heterocycles. The number of rotatable bonds is 3.